The van der Waals surface area contributed by atoms with E-state index in [9.17, 15) is 9.90 Å². The van der Waals surface area contributed by atoms with E-state index in [2.05, 4.69) is 35.2 Å². The van der Waals surface area contributed by atoms with Crippen LogP contribution in [0.3, 0.4) is 0 Å². The van der Waals surface area contributed by atoms with Crippen LogP contribution in [0.2, 0.25) is 0 Å². The molecule has 0 amide bonds. The second-order valence-electron chi connectivity index (χ2n) is 9.38. The van der Waals surface area contributed by atoms with Crippen LogP contribution in [-0.4, -0.2) is 41.0 Å². The van der Waals surface area contributed by atoms with Gasteiger partial charge in [-0.3, -0.25) is 9.69 Å². The summed E-state index contributed by atoms with van der Waals surface area (Å²) in [7, 11) is 0. The summed E-state index contributed by atoms with van der Waals surface area (Å²) in [4.78, 5) is 15.3. The zero-order chi connectivity index (χ0) is 21.3. The van der Waals surface area contributed by atoms with E-state index >= 15 is 0 Å². The van der Waals surface area contributed by atoms with E-state index in [1.165, 1.54) is 5.56 Å². The lowest BCUT2D eigenvalue weighted by atomic mass is 9.91. The van der Waals surface area contributed by atoms with E-state index in [1.807, 2.05) is 54.6 Å². The molecule has 158 valence electrons. The van der Waals surface area contributed by atoms with Crippen LogP contribution in [0.1, 0.15) is 28.8 Å². The Bertz CT molecular complexity index is 1030. The molecule has 0 bridgehead atoms. The molecule has 1 saturated heterocycles. The van der Waals surface area contributed by atoms with Gasteiger partial charge in [0, 0.05) is 25.1 Å². The molecule has 0 radical (unpaired) electrons. The highest BCUT2D eigenvalue weighted by Crippen LogP contribution is 2.45. The third-order valence-corrected chi connectivity index (χ3v) is 6.97. The van der Waals surface area contributed by atoms with Crippen molar-refractivity contribution in [3.8, 4) is 11.1 Å². The van der Waals surface area contributed by atoms with E-state index in [-0.39, 0.29) is 5.78 Å². The average molecular weight is 412 g/mol. The minimum atomic E-state index is -0.600. The Balaban J connectivity index is 1.20. The van der Waals surface area contributed by atoms with Gasteiger partial charge in [0.1, 0.15) is 0 Å². The fourth-order valence-electron chi connectivity index (χ4n) is 5.60. The summed E-state index contributed by atoms with van der Waals surface area (Å²) in [6.45, 7) is 2.28. The summed E-state index contributed by atoms with van der Waals surface area (Å²) in [5.41, 5.74) is 3.59. The van der Waals surface area contributed by atoms with Crippen molar-refractivity contribution in [2.45, 2.75) is 24.9 Å². The molecule has 3 aromatic rings. The maximum atomic E-state index is 13.0. The summed E-state index contributed by atoms with van der Waals surface area (Å²) in [5, 5.41) is 11.2. The molecule has 1 heterocycles. The number of fused-ring (bicyclic) bond motifs is 1. The lowest BCUT2D eigenvalue weighted by Gasteiger charge is -2.26. The van der Waals surface area contributed by atoms with E-state index in [0.717, 1.165) is 49.0 Å². The summed E-state index contributed by atoms with van der Waals surface area (Å²) < 4.78 is 0. The normalized spacial score (nSPS) is 25.5. The maximum Gasteiger partial charge on any atom is 0.176 e. The zero-order valence-electron chi connectivity index (χ0n) is 17.8. The highest BCUT2D eigenvalue weighted by molar-refractivity contribution is 5.98. The number of ketones is 1. The number of hydrogen-bond acceptors (Lipinski definition) is 3. The van der Waals surface area contributed by atoms with E-state index in [1.54, 1.807) is 0 Å². The first-order valence-corrected chi connectivity index (χ1v) is 11.3. The Kier molecular flexibility index (Phi) is 5.47. The number of aliphatic hydroxyl groups is 1. The Labute approximate surface area is 184 Å². The quantitative estimate of drug-likeness (QED) is 0.590. The largest absolute Gasteiger partial charge is 0.390 e. The predicted molar refractivity (Wildman–Crippen MR) is 124 cm³/mol. The lowest BCUT2D eigenvalue weighted by Crippen LogP contribution is -2.34. The molecule has 2 fully saturated rings. The van der Waals surface area contributed by atoms with Gasteiger partial charge in [0.05, 0.1) is 12.1 Å². The van der Waals surface area contributed by atoms with Crippen molar-refractivity contribution < 1.29 is 9.90 Å². The lowest BCUT2D eigenvalue weighted by molar-refractivity contribution is 0.0355. The van der Waals surface area contributed by atoms with Crippen LogP contribution in [0.25, 0.3) is 11.1 Å². The Morgan fingerprint density at radius 1 is 0.839 bits per heavy atom. The van der Waals surface area contributed by atoms with Crippen LogP contribution in [-0.2, 0) is 6.42 Å². The molecule has 3 aromatic carbocycles. The SMILES string of the molecule is O=C(CN1C[C@@H]2C[C@](O)(Cc3ccccc3)C[C@@H]2C1)c1cccc(-c2ccccc2)c1. The van der Waals surface area contributed by atoms with Crippen LogP contribution < -0.4 is 0 Å². The zero-order valence-corrected chi connectivity index (χ0v) is 17.8. The molecule has 31 heavy (non-hydrogen) atoms. The maximum absolute atomic E-state index is 13.0. The molecule has 0 spiro atoms. The molecule has 3 nitrogen and oxygen atoms in total. The van der Waals surface area contributed by atoms with Gasteiger partial charge in [-0.05, 0) is 47.4 Å². The number of Topliss-reactive ketones (excluding diaryl/α,β-unsaturated/α-hetero) is 1. The topological polar surface area (TPSA) is 40.5 Å². The third-order valence-electron chi connectivity index (χ3n) is 6.97. The number of carbonyl (C=O) groups is 1. The molecule has 1 aliphatic carbocycles. The van der Waals surface area contributed by atoms with Gasteiger partial charge in [0.25, 0.3) is 0 Å². The molecule has 0 unspecified atom stereocenters. The Morgan fingerprint density at radius 2 is 1.45 bits per heavy atom. The van der Waals surface area contributed by atoms with Crippen LogP contribution >= 0.6 is 0 Å². The number of carbonyl (C=O) groups excluding carboxylic acids is 1. The third kappa shape index (κ3) is 4.48. The first kappa shape index (κ1) is 20.2. The van der Waals surface area contributed by atoms with Crippen molar-refractivity contribution in [2.75, 3.05) is 19.6 Å². The van der Waals surface area contributed by atoms with Gasteiger partial charge < -0.3 is 5.11 Å². The number of hydrogen-bond donors (Lipinski definition) is 1. The molecule has 1 saturated carbocycles. The molecule has 5 rings (SSSR count). The van der Waals surface area contributed by atoms with Gasteiger partial charge in [-0.25, -0.2) is 0 Å². The van der Waals surface area contributed by atoms with Gasteiger partial charge in [0.2, 0.25) is 0 Å². The standard InChI is InChI=1S/C28H29NO2/c30-27(24-13-7-12-23(14-24)22-10-5-2-6-11-22)20-29-18-25-16-28(31,17-26(25)19-29)15-21-8-3-1-4-9-21/h1-14,25-26,31H,15-20H2/t25-,26+,28+. The van der Waals surface area contributed by atoms with Crippen LogP contribution in [0.15, 0.2) is 84.9 Å². The highest BCUT2D eigenvalue weighted by atomic mass is 16.3. The van der Waals surface area contributed by atoms with Gasteiger partial charge in [0.15, 0.2) is 5.78 Å². The predicted octanol–water partition coefficient (Wildman–Crippen LogP) is 4.85. The minimum Gasteiger partial charge on any atom is -0.390 e. The smallest absolute Gasteiger partial charge is 0.176 e. The summed E-state index contributed by atoms with van der Waals surface area (Å²) in [5.74, 6) is 1.15. The molecule has 1 aliphatic heterocycles. The van der Waals surface area contributed by atoms with Crippen molar-refractivity contribution in [2.24, 2.45) is 11.8 Å². The van der Waals surface area contributed by atoms with Gasteiger partial charge in [-0.2, -0.15) is 0 Å². The first-order chi connectivity index (χ1) is 15.1. The molecule has 0 aromatic heterocycles. The van der Waals surface area contributed by atoms with E-state index in [0.29, 0.717) is 18.4 Å². The second kappa shape index (κ2) is 8.41. The summed E-state index contributed by atoms with van der Waals surface area (Å²) >= 11 is 0. The molecular formula is C28H29NO2. The van der Waals surface area contributed by atoms with Gasteiger partial charge in [-0.1, -0.05) is 78.9 Å². The van der Waals surface area contributed by atoms with Crippen molar-refractivity contribution in [1.82, 2.24) is 4.90 Å². The molecule has 1 N–H and O–H groups in total. The van der Waals surface area contributed by atoms with Gasteiger partial charge in [-0.15, -0.1) is 0 Å². The monoisotopic (exact) mass is 411 g/mol. The van der Waals surface area contributed by atoms with E-state index in [4.69, 9.17) is 0 Å². The van der Waals surface area contributed by atoms with Crippen molar-refractivity contribution >= 4 is 5.78 Å². The number of benzene rings is 3. The van der Waals surface area contributed by atoms with Crippen LogP contribution in [0.4, 0.5) is 0 Å². The molecule has 3 heteroatoms. The summed E-state index contributed by atoms with van der Waals surface area (Å²) in [6, 6.07) is 28.4. The fraction of sp³-hybridized carbons (Fsp3) is 0.321. The van der Waals surface area contributed by atoms with Crippen LogP contribution in [0, 0.1) is 11.8 Å². The van der Waals surface area contributed by atoms with Crippen molar-refractivity contribution in [3.05, 3.63) is 96.1 Å². The number of nitrogens with zero attached hydrogens (tertiary/aromatic N) is 1. The molecule has 2 aliphatic rings. The summed E-state index contributed by atoms with van der Waals surface area (Å²) in [6.07, 6.45) is 2.40. The Hall–Kier alpha value is -2.75. The van der Waals surface area contributed by atoms with Gasteiger partial charge >= 0.3 is 0 Å². The number of rotatable bonds is 6. The van der Waals surface area contributed by atoms with E-state index < -0.39 is 5.60 Å². The Morgan fingerprint density at radius 3 is 2.13 bits per heavy atom. The highest BCUT2D eigenvalue weighted by Gasteiger charge is 2.48. The second-order valence-corrected chi connectivity index (χ2v) is 9.38. The van der Waals surface area contributed by atoms with Crippen molar-refractivity contribution in [1.29, 1.82) is 0 Å². The molecule has 3 atom stereocenters. The van der Waals surface area contributed by atoms with Crippen molar-refractivity contribution in [3.63, 3.8) is 0 Å². The minimum absolute atomic E-state index is 0.178. The fourth-order valence-corrected chi connectivity index (χ4v) is 5.60. The molecular weight excluding hydrogens is 382 g/mol. The first-order valence-electron chi connectivity index (χ1n) is 11.3. The average Bonchev–Trinajstić information content (AvgIpc) is 3.28. The number of likely N-dealkylation sites (tertiary alicyclic amines) is 1. The van der Waals surface area contributed by atoms with Crippen LogP contribution in [0.5, 0.6) is 0 Å².